The van der Waals surface area contributed by atoms with Gasteiger partial charge < -0.3 is 11.1 Å². The van der Waals surface area contributed by atoms with Crippen LogP contribution in [0.5, 0.6) is 0 Å². The molecule has 3 N–H and O–H groups in total. The van der Waals surface area contributed by atoms with Gasteiger partial charge in [0.2, 0.25) is 0 Å². The molecule has 0 bridgehead atoms. The van der Waals surface area contributed by atoms with Gasteiger partial charge >= 0.3 is 6.18 Å². The van der Waals surface area contributed by atoms with Gasteiger partial charge in [0.1, 0.15) is 0 Å². The molecular formula is C14H19F3N2. The summed E-state index contributed by atoms with van der Waals surface area (Å²) in [5, 5.41) is 3.16. The Morgan fingerprint density at radius 2 is 2.11 bits per heavy atom. The topological polar surface area (TPSA) is 38.0 Å². The first-order chi connectivity index (χ1) is 8.99. The lowest BCUT2D eigenvalue weighted by atomic mass is 10.0. The number of hydrogen-bond acceptors (Lipinski definition) is 2. The van der Waals surface area contributed by atoms with Crippen molar-refractivity contribution in [2.45, 2.75) is 25.6 Å². The van der Waals surface area contributed by atoms with Crippen LogP contribution in [0.25, 0.3) is 0 Å². The molecule has 1 aromatic rings. The maximum absolute atomic E-state index is 12.6. The van der Waals surface area contributed by atoms with Crippen LogP contribution in [0.15, 0.2) is 36.4 Å². The third kappa shape index (κ3) is 5.04. The smallest absolute Gasteiger partial charge is 0.329 e. The molecule has 0 aliphatic rings. The lowest BCUT2D eigenvalue weighted by Crippen LogP contribution is -2.29. The first-order valence-electron chi connectivity index (χ1n) is 6.20. The molecule has 0 saturated heterocycles. The van der Waals surface area contributed by atoms with E-state index in [4.69, 9.17) is 5.73 Å². The number of rotatable bonds is 6. The van der Waals surface area contributed by atoms with Crippen molar-refractivity contribution in [3.05, 3.63) is 47.5 Å². The average molecular weight is 272 g/mol. The second kappa shape index (κ2) is 7.31. The van der Waals surface area contributed by atoms with E-state index < -0.39 is 11.7 Å². The van der Waals surface area contributed by atoms with Gasteiger partial charge in [0.05, 0.1) is 5.56 Å². The molecule has 5 heteroatoms. The van der Waals surface area contributed by atoms with Crippen molar-refractivity contribution in [2.24, 2.45) is 5.73 Å². The highest BCUT2D eigenvalue weighted by atomic mass is 19.4. The zero-order valence-corrected chi connectivity index (χ0v) is 10.9. The molecule has 0 aromatic heterocycles. The van der Waals surface area contributed by atoms with Crippen LogP contribution in [0, 0.1) is 0 Å². The van der Waals surface area contributed by atoms with E-state index in [0.29, 0.717) is 12.1 Å². The van der Waals surface area contributed by atoms with Crippen LogP contribution in [-0.4, -0.2) is 13.1 Å². The van der Waals surface area contributed by atoms with Crippen molar-refractivity contribution in [3.63, 3.8) is 0 Å². The third-order valence-electron chi connectivity index (χ3n) is 2.79. The third-order valence-corrected chi connectivity index (χ3v) is 2.79. The van der Waals surface area contributed by atoms with Crippen molar-refractivity contribution < 1.29 is 13.2 Å². The number of nitrogens with two attached hydrogens (primary N) is 1. The SMILES string of the molecule is C/C=C/CCNC(CN)c1cccc(C(F)(F)F)c1. The molecule has 19 heavy (non-hydrogen) atoms. The average Bonchev–Trinajstić information content (AvgIpc) is 2.38. The maximum Gasteiger partial charge on any atom is 0.416 e. The van der Waals surface area contributed by atoms with E-state index in [1.165, 1.54) is 6.07 Å². The predicted molar refractivity (Wildman–Crippen MR) is 70.7 cm³/mol. The van der Waals surface area contributed by atoms with Gasteiger partial charge in [-0.15, -0.1) is 0 Å². The summed E-state index contributed by atoms with van der Waals surface area (Å²) in [6, 6.07) is 5.04. The minimum Gasteiger partial charge on any atom is -0.329 e. The summed E-state index contributed by atoms with van der Waals surface area (Å²) in [5.74, 6) is 0. The number of allylic oxidation sites excluding steroid dienone is 1. The molecule has 1 unspecified atom stereocenters. The molecule has 0 heterocycles. The monoisotopic (exact) mass is 272 g/mol. The molecule has 0 saturated carbocycles. The Kier molecular flexibility index (Phi) is 6.05. The summed E-state index contributed by atoms with van der Waals surface area (Å²) in [4.78, 5) is 0. The highest BCUT2D eigenvalue weighted by Gasteiger charge is 2.30. The zero-order chi connectivity index (χ0) is 14.3. The Balaban J connectivity index is 2.75. The number of nitrogens with one attached hydrogen (secondary N) is 1. The lowest BCUT2D eigenvalue weighted by molar-refractivity contribution is -0.137. The van der Waals surface area contributed by atoms with Gasteiger partial charge in [0.15, 0.2) is 0 Å². The predicted octanol–water partition coefficient (Wildman–Crippen LogP) is 3.26. The molecular weight excluding hydrogens is 253 g/mol. The van der Waals surface area contributed by atoms with Gasteiger partial charge in [-0.1, -0.05) is 24.3 Å². The van der Waals surface area contributed by atoms with Crippen molar-refractivity contribution >= 4 is 0 Å². The van der Waals surface area contributed by atoms with Crippen molar-refractivity contribution in [3.8, 4) is 0 Å². The van der Waals surface area contributed by atoms with E-state index in [-0.39, 0.29) is 12.6 Å². The van der Waals surface area contributed by atoms with Crippen LogP contribution >= 0.6 is 0 Å². The first-order valence-corrected chi connectivity index (χ1v) is 6.20. The fourth-order valence-electron chi connectivity index (χ4n) is 1.78. The number of halogens is 3. The van der Waals surface area contributed by atoms with Gasteiger partial charge in [-0.3, -0.25) is 0 Å². The Morgan fingerprint density at radius 1 is 1.37 bits per heavy atom. The Bertz CT molecular complexity index is 413. The molecule has 2 nitrogen and oxygen atoms in total. The molecule has 0 fully saturated rings. The second-order valence-corrected chi connectivity index (χ2v) is 4.22. The Labute approximate surface area is 111 Å². The summed E-state index contributed by atoms with van der Waals surface area (Å²) in [6.07, 6.45) is 0.433. The van der Waals surface area contributed by atoms with Gasteiger partial charge in [0.25, 0.3) is 0 Å². The summed E-state index contributed by atoms with van der Waals surface area (Å²) < 4.78 is 37.9. The molecule has 1 rings (SSSR count). The Morgan fingerprint density at radius 3 is 2.68 bits per heavy atom. The van der Waals surface area contributed by atoms with E-state index in [9.17, 15) is 13.2 Å². The summed E-state index contributed by atoms with van der Waals surface area (Å²) in [6.45, 7) is 2.87. The van der Waals surface area contributed by atoms with Crippen LogP contribution in [-0.2, 0) is 6.18 Å². The highest BCUT2D eigenvalue weighted by molar-refractivity contribution is 5.28. The summed E-state index contributed by atoms with van der Waals surface area (Å²) in [7, 11) is 0. The largest absolute Gasteiger partial charge is 0.416 e. The van der Waals surface area contributed by atoms with Crippen molar-refractivity contribution in [2.75, 3.05) is 13.1 Å². The van der Waals surface area contributed by atoms with E-state index in [1.54, 1.807) is 6.07 Å². The van der Waals surface area contributed by atoms with E-state index in [2.05, 4.69) is 5.32 Å². The van der Waals surface area contributed by atoms with Crippen LogP contribution < -0.4 is 11.1 Å². The molecule has 1 aromatic carbocycles. The fraction of sp³-hybridized carbons (Fsp3) is 0.429. The van der Waals surface area contributed by atoms with Gasteiger partial charge in [-0.25, -0.2) is 0 Å². The molecule has 0 aliphatic carbocycles. The molecule has 1 atom stereocenters. The van der Waals surface area contributed by atoms with E-state index >= 15 is 0 Å². The second-order valence-electron chi connectivity index (χ2n) is 4.22. The molecule has 0 spiro atoms. The van der Waals surface area contributed by atoms with E-state index in [1.807, 2.05) is 19.1 Å². The maximum atomic E-state index is 12.6. The van der Waals surface area contributed by atoms with Gasteiger partial charge in [-0.2, -0.15) is 13.2 Å². The highest BCUT2D eigenvalue weighted by Crippen LogP contribution is 2.30. The fourth-order valence-corrected chi connectivity index (χ4v) is 1.78. The molecule has 0 radical (unpaired) electrons. The standard InChI is InChI=1S/C14H19F3N2/c1-2-3-4-8-19-13(10-18)11-6-5-7-12(9-11)14(15,16)17/h2-3,5-7,9,13,19H,4,8,10,18H2,1H3/b3-2+. The van der Waals surface area contributed by atoms with Crippen molar-refractivity contribution in [1.29, 1.82) is 0 Å². The normalized spacial score (nSPS) is 13.9. The summed E-state index contributed by atoms with van der Waals surface area (Å²) in [5.41, 5.74) is 5.54. The zero-order valence-electron chi connectivity index (χ0n) is 10.9. The quantitative estimate of drug-likeness (QED) is 0.616. The van der Waals surface area contributed by atoms with Crippen LogP contribution in [0.2, 0.25) is 0 Å². The van der Waals surface area contributed by atoms with Crippen LogP contribution in [0.1, 0.15) is 30.5 Å². The Hall–Kier alpha value is -1.33. The molecule has 106 valence electrons. The van der Waals surface area contributed by atoms with Gasteiger partial charge in [-0.05, 0) is 37.6 Å². The van der Waals surface area contributed by atoms with Crippen LogP contribution in [0.3, 0.4) is 0 Å². The summed E-state index contributed by atoms with van der Waals surface area (Å²) >= 11 is 0. The minimum atomic E-state index is -4.32. The van der Waals surface area contributed by atoms with E-state index in [0.717, 1.165) is 18.6 Å². The first kappa shape index (κ1) is 15.7. The molecule has 0 amide bonds. The van der Waals surface area contributed by atoms with Gasteiger partial charge in [0, 0.05) is 12.6 Å². The lowest BCUT2D eigenvalue weighted by Gasteiger charge is -2.18. The number of hydrogen-bond donors (Lipinski definition) is 2. The van der Waals surface area contributed by atoms with Crippen LogP contribution in [0.4, 0.5) is 13.2 Å². The number of alkyl halides is 3. The minimum absolute atomic E-state index is 0.257. The van der Waals surface area contributed by atoms with Crippen molar-refractivity contribution in [1.82, 2.24) is 5.32 Å². The number of benzene rings is 1. The molecule has 0 aliphatic heterocycles.